The van der Waals surface area contributed by atoms with Gasteiger partial charge in [0, 0.05) is 18.1 Å². The SMILES string of the molecule is Fc1cc2cc(-c3c(F)cc(OCC4CCCCC4)cc3F)cc(F)c2c(F)c1C#CC(F)(F)F. The van der Waals surface area contributed by atoms with Crippen LogP contribution < -0.4 is 4.74 Å². The maximum atomic E-state index is 14.8. The van der Waals surface area contributed by atoms with Crippen molar-refractivity contribution in [3.8, 4) is 28.7 Å². The van der Waals surface area contributed by atoms with Gasteiger partial charge in [0.15, 0.2) is 5.82 Å². The molecule has 3 aromatic rings. The van der Waals surface area contributed by atoms with Crippen molar-refractivity contribution in [1.29, 1.82) is 0 Å². The molecule has 0 radical (unpaired) electrons. The van der Waals surface area contributed by atoms with E-state index in [9.17, 15) is 35.1 Å². The van der Waals surface area contributed by atoms with E-state index < -0.39 is 57.2 Å². The van der Waals surface area contributed by atoms with E-state index in [0.29, 0.717) is 24.7 Å². The van der Waals surface area contributed by atoms with Crippen molar-refractivity contribution < 1.29 is 39.9 Å². The lowest BCUT2D eigenvalue weighted by molar-refractivity contribution is -0.0696. The molecular formula is C26H18F8O. The number of hydrogen-bond donors (Lipinski definition) is 0. The molecule has 4 rings (SSSR count). The van der Waals surface area contributed by atoms with Crippen LogP contribution in [0, 0.1) is 46.8 Å². The lowest BCUT2D eigenvalue weighted by Crippen LogP contribution is -2.15. The fourth-order valence-electron chi connectivity index (χ4n) is 4.28. The zero-order chi connectivity index (χ0) is 25.3. The van der Waals surface area contributed by atoms with E-state index in [4.69, 9.17) is 4.74 Å². The maximum Gasteiger partial charge on any atom is 0.458 e. The highest BCUT2D eigenvalue weighted by atomic mass is 19.4. The van der Waals surface area contributed by atoms with Crippen LogP contribution in [0.4, 0.5) is 35.1 Å². The van der Waals surface area contributed by atoms with Gasteiger partial charge in [0.1, 0.15) is 29.0 Å². The third-order valence-electron chi connectivity index (χ3n) is 5.92. The predicted octanol–water partition coefficient (Wildman–Crippen LogP) is 8.08. The zero-order valence-corrected chi connectivity index (χ0v) is 18.1. The van der Waals surface area contributed by atoms with Crippen LogP contribution in [0.5, 0.6) is 5.75 Å². The topological polar surface area (TPSA) is 9.23 Å². The number of fused-ring (bicyclic) bond motifs is 1. The minimum absolute atomic E-state index is 0.0412. The quantitative estimate of drug-likeness (QED) is 0.261. The minimum Gasteiger partial charge on any atom is -0.493 e. The highest BCUT2D eigenvalue weighted by Gasteiger charge is 2.25. The number of rotatable bonds is 4. The molecular weight excluding hydrogens is 480 g/mol. The van der Waals surface area contributed by atoms with Gasteiger partial charge >= 0.3 is 6.18 Å². The molecule has 0 atom stereocenters. The summed E-state index contributed by atoms with van der Waals surface area (Å²) in [7, 11) is 0. The van der Waals surface area contributed by atoms with Crippen molar-refractivity contribution in [1.82, 2.24) is 0 Å². The molecule has 0 aliphatic heterocycles. The second-order valence-corrected chi connectivity index (χ2v) is 8.43. The van der Waals surface area contributed by atoms with Crippen molar-refractivity contribution in [2.45, 2.75) is 38.3 Å². The Labute approximate surface area is 195 Å². The average Bonchev–Trinajstić information content (AvgIpc) is 2.76. The Balaban J connectivity index is 1.70. The largest absolute Gasteiger partial charge is 0.493 e. The molecule has 3 aromatic carbocycles. The van der Waals surface area contributed by atoms with E-state index >= 15 is 0 Å². The summed E-state index contributed by atoms with van der Waals surface area (Å²) in [5, 5.41) is -1.29. The smallest absolute Gasteiger partial charge is 0.458 e. The predicted molar refractivity (Wildman–Crippen MR) is 114 cm³/mol. The summed E-state index contributed by atoms with van der Waals surface area (Å²) < 4.78 is 116. The normalized spacial score (nSPS) is 14.6. The molecule has 0 unspecified atom stereocenters. The van der Waals surface area contributed by atoms with Gasteiger partial charge in [-0.1, -0.05) is 25.2 Å². The van der Waals surface area contributed by atoms with Crippen LogP contribution in [-0.4, -0.2) is 12.8 Å². The molecule has 0 N–H and O–H groups in total. The molecule has 35 heavy (non-hydrogen) atoms. The lowest BCUT2D eigenvalue weighted by Gasteiger charge is -2.21. The summed E-state index contributed by atoms with van der Waals surface area (Å²) in [4.78, 5) is 0. The molecule has 184 valence electrons. The molecule has 0 saturated heterocycles. The van der Waals surface area contributed by atoms with Gasteiger partial charge in [-0.15, -0.1) is 0 Å². The van der Waals surface area contributed by atoms with Crippen molar-refractivity contribution >= 4 is 10.8 Å². The monoisotopic (exact) mass is 498 g/mol. The van der Waals surface area contributed by atoms with Crippen LogP contribution in [-0.2, 0) is 0 Å². The first kappa shape index (κ1) is 24.8. The molecule has 1 aliphatic carbocycles. The summed E-state index contributed by atoms with van der Waals surface area (Å²) in [6.45, 7) is 0.306. The van der Waals surface area contributed by atoms with Crippen LogP contribution in [0.1, 0.15) is 37.7 Å². The van der Waals surface area contributed by atoms with Crippen molar-refractivity contribution in [3.63, 3.8) is 0 Å². The Kier molecular flexibility index (Phi) is 6.93. The number of alkyl halides is 3. The van der Waals surface area contributed by atoms with Crippen LogP contribution in [0.15, 0.2) is 30.3 Å². The Morgan fingerprint density at radius 3 is 2.09 bits per heavy atom. The molecule has 1 fully saturated rings. The van der Waals surface area contributed by atoms with Gasteiger partial charge in [0.05, 0.1) is 23.1 Å². The van der Waals surface area contributed by atoms with Crippen molar-refractivity contribution in [3.05, 3.63) is 65.0 Å². The summed E-state index contributed by atoms with van der Waals surface area (Å²) in [6.07, 6.45) is 0.206. The van der Waals surface area contributed by atoms with E-state index in [2.05, 4.69) is 0 Å². The van der Waals surface area contributed by atoms with E-state index in [1.165, 1.54) is 5.92 Å². The fraction of sp³-hybridized carbons (Fsp3) is 0.308. The van der Waals surface area contributed by atoms with E-state index in [1.54, 1.807) is 0 Å². The third kappa shape index (κ3) is 5.53. The number of halogens is 8. The molecule has 0 aromatic heterocycles. The Bertz CT molecular complexity index is 1300. The van der Waals surface area contributed by atoms with Gasteiger partial charge in [-0.3, -0.25) is 0 Å². The fourth-order valence-corrected chi connectivity index (χ4v) is 4.28. The second kappa shape index (κ2) is 9.76. The summed E-state index contributed by atoms with van der Waals surface area (Å²) in [6, 6.07) is 4.01. The Hall–Kier alpha value is -3.28. The molecule has 0 bridgehead atoms. The van der Waals surface area contributed by atoms with E-state index in [-0.39, 0.29) is 11.3 Å². The highest BCUT2D eigenvalue weighted by molar-refractivity contribution is 5.90. The van der Waals surface area contributed by atoms with Gasteiger partial charge in [0.25, 0.3) is 0 Å². The van der Waals surface area contributed by atoms with Gasteiger partial charge in [-0.05, 0) is 47.9 Å². The highest BCUT2D eigenvalue weighted by Crippen LogP contribution is 2.35. The molecule has 1 saturated carbocycles. The molecule has 1 nitrogen and oxygen atoms in total. The van der Waals surface area contributed by atoms with E-state index in [1.807, 2.05) is 0 Å². The first-order chi connectivity index (χ1) is 16.5. The summed E-state index contributed by atoms with van der Waals surface area (Å²) in [5.74, 6) is -4.31. The molecule has 1 aliphatic rings. The van der Waals surface area contributed by atoms with Crippen LogP contribution in [0.2, 0.25) is 0 Å². The van der Waals surface area contributed by atoms with Crippen LogP contribution in [0.3, 0.4) is 0 Å². The number of hydrogen-bond acceptors (Lipinski definition) is 1. The first-order valence-corrected chi connectivity index (χ1v) is 10.9. The second-order valence-electron chi connectivity index (χ2n) is 8.43. The lowest BCUT2D eigenvalue weighted by atomic mass is 9.90. The van der Waals surface area contributed by atoms with Gasteiger partial charge < -0.3 is 4.74 Å². The van der Waals surface area contributed by atoms with Crippen LogP contribution in [0.25, 0.3) is 21.9 Å². The first-order valence-electron chi connectivity index (χ1n) is 10.9. The number of benzene rings is 3. The molecule has 0 heterocycles. The maximum absolute atomic E-state index is 14.8. The third-order valence-corrected chi connectivity index (χ3v) is 5.92. The van der Waals surface area contributed by atoms with E-state index in [0.717, 1.165) is 56.2 Å². The summed E-state index contributed by atoms with van der Waals surface area (Å²) in [5.41, 5.74) is -2.26. The molecule has 0 amide bonds. The van der Waals surface area contributed by atoms with Crippen molar-refractivity contribution in [2.24, 2.45) is 5.92 Å². The standard InChI is InChI=1S/C26H18F8O/c27-19-9-16-8-15(10-20(28)24(16)25(31)18(19)6-7-26(32,33)34)23-21(29)11-17(12-22(23)30)35-13-14-4-2-1-3-5-14/h8-12,14H,1-5,13H2. The van der Waals surface area contributed by atoms with Crippen molar-refractivity contribution in [2.75, 3.05) is 6.61 Å². The Morgan fingerprint density at radius 1 is 0.800 bits per heavy atom. The van der Waals surface area contributed by atoms with Gasteiger partial charge in [0.2, 0.25) is 0 Å². The number of ether oxygens (including phenoxy) is 1. The zero-order valence-electron chi connectivity index (χ0n) is 18.1. The minimum atomic E-state index is -5.02. The van der Waals surface area contributed by atoms with Gasteiger partial charge in [-0.2, -0.15) is 13.2 Å². The van der Waals surface area contributed by atoms with Crippen LogP contribution >= 0.6 is 0 Å². The molecule has 9 heteroatoms. The average molecular weight is 498 g/mol. The Morgan fingerprint density at radius 2 is 1.46 bits per heavy atom. The van der Waals surface area contributed by atoms with Gasteiger partial charge in [-0.25, -0.2) is 22.0 Å². The summed E-state index contributed by atoms with van der Waals surface area (Å²) >= 11 is 0. The molecule has 0 spiro atoms.